The van der Waals surface area contributed by atoms with E-state index in [1.807, 2.05) is 12.1 Å². The highest BCUT2D eigenvalue weighted by Gasteiger charge is 2.28. The van der Waals surface area contributed by atoms with Gasteiger partial charge in [-0.2, -0.15) is 0 Å². The summed E-state index contributed by atoms with van der Waals surface area (Å²) in [5.74, 6) is 1.01. The molecule has 3 nitrogen and oxygen atoms in total. The van der Waals surface area contributed by atoms with E-state index in [1.54, 1.807) is 11.3 Å². The first kappa shape index (κ1) is 14.5. The molecule has 3 rings (SSSR count). The Morgan fingerprint density at radius 2 is 2.24 bits per heavy atom. The molecule has 2 atom stereocenters. The van der Waals surface area contributed by atoms with Crippen molar-refractivity contribution < 1.29 is 4.74 Å². The molecule has 0 saturated heterocycles. The van der Waals surface area contributed by atoms with Gasteiger partial charge in [0, 0.05) is 17.3 Å². The molecule has 1 aromatic carbocycles. The van der Waals surface area contributed by atoms with Gasteiger partial charge in [-0.3, -0.25) is 0 Å². The van der Waals surface area contributed by atoms with Gasteiger partial charge in [0.2, 0.25) is 0 Å². The molecular formula is C17H22N2OS. The van der Waals surface area contributed by atoms with Gasteiger partial charge < -0.3 is 10.1 Å². The number of hydrogen-bond donors (Lipinski definition) is 1. The lowest BCUT2D eigenvalue weighted by Gasteiger charge is -2.11. The van der Waals surface area contributed by atoms with Crippen molar-refractivity contribution in [2.24, 2.45) is 0 Å². The van der Waals surface area contributed by atoms with E-state index in [9.17, 15) is 0 Å². The number of nitrogens with one attached hydrogen (secondary N) is 1. The average molecular weight is 302 g/mol. The molecule has 0 bridgehead atoms. The van der Waals surface area contributed by atoms with E-state index in [-0.39, 0.29) is 6.10 Å². The van der Waals surface area contributed by atoms with Crippen LogP contribution in [0.5, 0.6) is 5.75 Å². The fraction of sp³-hybridized carbons (Fsp3) is 0.471. The molecule has 2 heterocycles. The largest absolute Gasteiger partial charge is 0.483 e. The lowest BCUT2D eigenvalue weighted by atomic mass is 10.1. The van der Waals surface area contributed by atoms with E-state index < -0.39 is 0 Å². The van der Waals surface area contributed by atoms with E-state index in [0.29, 0.717) is 6.04 Å². The monoisotopic (exact) mass is 302 g/mol. The number of aryl methyl sites for hydroxylation is 1. The topological polar surface area (TPSA) is 34.1 Å². The zero-order valence-electron chi connectivity index (χ0n) is 12.8. The Bertz CT molecular complexity index is 598. The molecule has 0 radical (unpaired) electrons. The summed E-state index contributed by atoms with van der Waals surface area (Å²) < 4.78 is 6.05. The highest BCUT2D eigenvalue weighted by molar-refractivity contribution is 7.11. The van der Waals surface area contributed by atoms with Gasteiger partial charge in [0.1, 0.15) is 10.8 Å². The molecule has 0 aliphatic carbocycles. The minimum absolute atomic E-state index is 0.0817. The molecule has 1 aliphatic rings. The Morgan fingerprint density at radius 3 is 3.00 bits per heavy atom. The van der Waals surface area contributed by atoms with Crippen LogP contribution in [0.4, 0.5) is 0 Å². The minimum Gasteiger partial charge on any atom is -0.483 e. The number of rotatable bonds is 5. The molecule has 0 fully saturated rings. The van der Waals surface area contributed by atoms with Gasteiger partial charge in [-0.25, -0.2) is 4.98 Å². The number of fused-ring (bicyclic) bond motifs is 1. The molecule has 0 spiro atoms. The Hall–Kier alpha value is -1.39. The fourth-order valence-electron chi connectivity index (χ4n) is 2.74. The van der Waals surface area contributed by atoms with E-state index in [0.717, 1.165) is 35.8 Å². The third-order valence-electron chi connectivity index (χ3n) is 3.87. The third-order valence-corrected chi connectivity index (χ3v) is 5.30. The number of nitrogens with zero attached hydrogens (tertiary/aromatic N) is 1. The molecule has 1 aromatic heterocycles. The molecule has 2 unspecified atom stereocenters. The van der Waals surface area contributed by atoms with Gasteiger partial charge >= 0.3 is 0 Å². The van der Waals surface area contributed by atoms with Crippen molar-refractivity contribution in [2.75, 3.05) is 6.54 Å². The minimum atomic E-state index is 0.0817. The lowest BCUT2D eigenvalue weighted by Crippen LogP contribution is -2.18. The SMILES string of the molecule is CCCNC(C)c1sc(C2Cc3ccccc3O2)nc1C. The number of hydrogen-bond acceptors (Lipinski definition) is 4. The Labute approximate surface area is 130 Å². The first-order chi connectivity index (χ1) is 10.2. The van der Waals surface area contributed by atoms with Gasteiger partial charge in [0.05, 0.1) is 5.69 Å². The highest BCUT2D eigenvalue weighted by Crippen LogP contribution is 2.39. The summed E-state index contributed by atoms with van der Waals surface area (Å²) in [5, 5.41) is 4.64. The quantitative estimate of drug-likeness (QED) is 0.899. The summed E-state index contributed by atoms with van der Waals surface area (Å²) in [6, 6.07) is 8.64. The maximum Gasteiger partial charge on any atom is 0.154 e. The van der Waals surface area contributed by atoms with Gasteiger partial charge in [0.25, 0.3) is 0 Å². The molecule has 0 amide bonds. The summed E-state index contributed by atoms with van der Waals surface area (Å²) in [7, 11) is 0. The van der Waals surface area contributed by atoms with Crippen molar-refractivity contribution in [3.63, 3.8) is 0 Å². The van der Waals surface area contributed by atoms with Crippen LogP contribution in [0.2, 0.25) is 0 Å². The van der Waals surface area contributed by atoms with Gasteiger partial charge in [-0.05, 0) is 38.4 Å². The summed E-state index contributed by atoms with van der Waals surface area (Å²) in [5.41, 5.74) is 2.42. The smallest absolute Gasteiger partial charge is 0.154 e. The van der Waals surface area contributed by atoms with E-state index >= 15 is 0 Å². The number of ether oxygens (including phenoxy) is 1. The predicted molar refractivity (Wildman–Crippen MR) is 87.1 cm³/mol. The zero-order valence-corrected chi connectivity index (χ0v) is 13.7. The number of aromatic nitrogens is 1. The second kappa shape index (κ2) is 6.16. The van der Waals surface area contributed by atoms with Crippen LogP contribution in [0, 0.1) is 6.92 Å². The Morgan fingerprint density at radius 1 is 1.43 bits per heavy atom. The Kier molecular flexibility index (Phi) is 4.27. The summed E-state index contributed by atoms with van der Waals surface area (Å²) in [6.07, 6.45) is 2.16. The van der Waals surface area contributed by atoms with Crippen LogP contribution in [0.3, 0.4) is 0 Å². The lowest BCUT2D eigenvalue weighted by molar-refractivity contribution is 0.238. The van der Waals surface area contributed by atoms with Crippen molar-refractivity contribution >= 4 is 11.3 Å². The van der Waals surface area contributed by atoms with Crippen molar-refractivity contribution in [1.82, 2.24) is 10.3 Å². The third kappa shape index (κ3) is 2.97. The molecule has 21 heavy (non-hydrogen) atoms. The molecule has 112 valence electrons. The maximum absolute atomic E-state index is 6.05. The van der Waals surface area contributed by atoms with Crippen molar-refractivity contribution in [3.05, 3.63) is 45.4 Å². The first-order valence-corrected chi connectivity index (χ1v) is 8.45. The van der Waals surface area contributed by atoms with Crippen molar-refractivity contribution in [2.45, 2.75) is 45.8 Å². The zero-order chi connectivity index (χ0) is 14.8. The maximum atomic E-state index is 6.05. The Balaban J connectivity index is 1.76. The standard InChI is InChI=1S/C17H22N2OS/c1-4-9-18-11(2)16-12(3)19-17(21-16)15-10-13-7-5-6-8-14(13)20-15/h5-8,11,15,18H,4,9-10H2,1-3H3. The van der Waals surface area contributed by atoms with E-state index in [4.69, 9.17) is 9.72 Å². The predicted octanol–water partition coefficient (Wildman–Crippen LogP) is 4.19. The first-order valence-electron chi connectivity index (χ1n) is 7.64. The normalized spacial score (nSPS) is 18.3. The van der Waals surface area contributed by atoms with Crippen LogP contribution in [0.15, 0.2) is 24.3 Å². The fourth-order valence-corrected chi connectivity index (χ4v) is 3.87. The molecular weight excluding hydrogens is 280 g/mol. The number of para-hydroxylation sites is 1. The average Bonchev–Trinajstić information content (AvgIpc) is 3.07. The van der Waals surface area contributed by atoms with Crippen LogP contribution in [0.25, 0.3) is 0 Å². The van der Waals surface area contributed by atoms with Crippen LogP contribution in [-0.4, -0.2) is 11.5 Å². The number of benzene rings is 1. The number of thiazole rings is 1. The molecule has 1 aliphatic heterocycles. The van der Waals surface area contributed by atoms with Crippen LogP contribution < -0.4 is 10.1 Å². The van der Waals surface area contributed by atoms with Gasteiger partial charge in [-0.15, -0.1) is 11.3 Å². The molecule has 0 saturated carbocycles. The molecule has 1 N–H and O–H groups in total. The molecule has 4 heteroatoms. The van der Waals surface area contributed by atoms with Gasteiger partial charge in [-0.1, -0.05) is 25.1 Å². The second-order valence-electron chi connectivity index (χ2n) is 5.60. The van der Waals surface area contributed by atoms with E-state index in [1.165, 1.54) is 10.4 Å². The second-order valence-corrected chi connectivity index (χ2v) is 6.66. The van der Waals surface area contributed by atoms with Gasteiger partial charge in [0.15, 0.2) is 6.10 Å². The summed E-state index contributed by atoms with van der Waals surface area (Å²) in [4.78, 5) is 6.09. The summed E-state index contributed by atoms with van der Waals surface area (Å²) >= 11 is 1.79. The summed E-state index contributed by atoms with van der Waals surface area (Å²) in [6.45, 7) is 7.54. The van der Waals surface area contributed by atoms with E-state index in [2.05, 4.69) is 38.2 Å². The van der Waals surface area contributed by atoms with Crippen LogP contribution >= 0.6 is 11.3 Å². The van der Waals surface area contributed by atoms with Crippen molar-refractivity contribution in [1.29, 1.82) is 0 Å². The van der Waals surface area contributed by atoms with Crippen molar-refractivity contribution in [3.8, 4) is 5.75 Å². The highest BCUT2D eigenvalue weighted by atomic mass is 32.1. The van der Waals surface area contributed by atoms with Crippen LogP contribution in [0.1, 0.15) is 53.6 Å². The van der Waals surface area contributed by atoms with Crippen LogP contribution in [-0.2, 0) is 6.42 Å². The molecule has 2 aromatic rings.